The van der Waals surface area contributed by atoms with E-state index in [0.717, 1.165) is 45.3 Å². The van der Waals surface area contributed by atoms with Gasteiger partial charge in [-0.1, -0.05) is 30.3 Å². The number of aryl methyl sites for hydroxylation is 1. The Bertz CT molecular complexity index is 399. The second-order valence-corrected chi connectivity index (χ2v) is 5.57. The van der Waals surface area contributed by atoms with E-state index in [9.17, 15) is 4.79 Å². The van der Waals surface area contributed by atoms with E-state index in [-0.39, 0.29) is 6.03 Å². The lowest BCUT2D eigenvalue weighted by molar-refractivity contribution is 0.214. The maximum Gasteiger partial charge on any atom is 0.315 e. The topological polar surface area (TPSA) is 44.4 Å². The number of carbonyl (C=O) groups is 1. The molecule has 4 nitrogen and oxygen atoms in total. The van der Waals surface area contributed by atoms with Gasteiger partial charge in [-0.05, 0) is 51.4 Å². The zero-order valence-corrected chi connectivity index (χ0v) is 12.3. The van der Waals surface area contributed by atoms with Crippen molar-refractivity contribution < 1.29 is 4.79 Å². The number of likely N-dealkylation sites (tertiary alicyclic amines) is 1. The van der Waals surface area contributed by atoms with Crippen molar-refractivity contribution in [2.75, 3.05) is 26.7 Å². The van der Waals surface area contributed by atoms with Gasteiger partial charge in [0.15, 0.2) is 0 Å². The molecular formula is C16H25N3O. The first-order valence-electron chi connectivity index (χ1n) is 7.51. The molecule has 0 aromatic heterocycles. The maximum atomic E-state index is 11.8. The molecule has 1 heterocycles. The number of rotatable bonds is 5. The summed E-state index contributed by atoms with van der Waals surface area (Å²) in [6.45, 7) is 2.87. The molecule has 20 heavy (non-hydrogen) atoms. The van der Waals surface area contributed by atoms with Crippen LogP contribution in [0.15, 0.2) is 30.3 Å². The summed E-state index contributed by atoms with van der Waals surface area (Å²) < 4.78 is 0. The van der Waals surface area contributed by atoms with Crippen molar-refractivity contribution in [3.8, 4) is 0 Å². The third kappa shape index (κ3) is 5.21. The normalized spacial score (nSPS) is 16.9. The van der Waals surface area contributed by atoms with Crippen LogP contribution in [0.3, 0.4) is 0 Å². The second-order valence-electron chi connectivity index (χ2n) is 5.57. The first-order valence-corrected chi connectivity index (χ1v) is 7.51. The van der Waals surface area contributed by atoms with Crippen molar-refractivity contribution in [3.05, 3.63) is 35.9 Å². The predicted molar refractivity (Wildman–Crippen MR) is 81.8 cm³/mol. The van der Waals surface area contributed by atoms with E-state index < -0.39 is 0 Å². The summed E-state index contributed by atoms with van der Waals surface area (Å²) in [7, 11) is 2.12. The van der Waals surface area contributed by atoms with Crippen LogP contribution in [0.2, 0.25) is 0 Å². The number of amides is 2. The quantitative estimate of drug-likeness (QED) is 0.807. The number of benzene rings is 1. The highest BCUT2D eigenvalue weighted by atomic mass is 16.2. The molecule has 0 spiro atoms. The molecule has 1 aliphatic rings. The van der Waals surface area contributed by atoms with Crippen LogP contribution in [0.1, 0.15) is 24.8 Å². The molecule has 0 radical (unpaired) electrons. The summed E-state index contributed by atoms with van der Waals surface area (Å²) in [5.41, 5.74) is 1.32. The number of hydrogen-bond donors (Lipinski definition) is 2. The molecule has 4 heteroatoms. The van der Waals surface area contributed by atoms with Gasteiger partial charge in [0.25, 0.3) is 0 Å². The third-order valence-electron chi connectivity index (χ3n) is 3.82. The molecule has 0 bridgehead atoms. The summed E-state index contributed by atoms with van der Waals surface area (Å²) in [5, 5.41) is 6.01. The average Bonchev–Trinajstić information content (AvgIpc) is 2.47. The van der Waals surface area contributed by atoms with Crippen LogP contribution in [-0.2, 0) is 6.42 Å². The van der Waals surface area contributed by atoms with Gasteiger partial charge in [-0.15, -0.1) is 0 Å². The third-order valence-corrected chi connectivity index (χ3v) is 3.82. The van der Waals surface area contributed by atoms with Gasteiger partial charge in [0.1, 0.15) is 0 Å². The molecule has 1 saturated heterocycles. The fourth-order valence-corrected chi connectivity index (χ4v) is 2.53. The number of carbonyl (C=O) groups excluding carboxylic acids is 1. The lowest BCUT2D eigenvalue weighted by Crippen LogP contribution is -2.47. The van der Waals surface area contributed by atoms with Gasteiger partial charge in [-0.3, -0.25) is 0 Å². The standard InChI is InChI=1S/C16H25N3O/c1-19-12-9-15(10-13-19)18-16(20)17-11-5-8-14-6-3-2-4-7-14/h2-4,6-7,15H,5,8-13H2,1H3,(H2,17,18,20). The zero-order valence-electron chi connectivity index (χ0n) is 12.3. The van der Waals surface area contributed by atoms with E-state index in [0.29, 0.717) is 6.04 Å². The highest BCUT2D eigenvalue weighted by molar-refractivity contribution is 5.74. The molecule has 1 fully saturated rings. The Balaban J connectivity index is 1.56. The fraction of sp³-hybridized carbons (Fsp3) is 0.562. The van der Waals surface area contributed by atoms with Crippen LogP contribution in [0.4, 0.5) is 4.79 Å². The monoisotopic (exact) mass is 275 g/mol. The minimum Gasteiger partial charge on any atom is -0.338 e. The van der Waals surface area contributed by atoms with E-state index in [2.05, 4.69) is 46.8 Å². The number of nitrogens with one attached hydrogen (secondary N) is 2. The van der Waals surface area contributed by atoms with Gasteiger partial charge in [0.05, 0.1) is 0 Å². The van der Waals surface area contributed by atoms with Crippen molar-refractivity contribution in [2.24, 2.45) is 0 Å². The molecule has 2 N–H and O–H groups in total. The Hall–Kier alpha value is -1.55. The van der Waals surface area contributed by atoms with Crippen molar-refractivity contribution in [1.82, 2.24) is 15.5 Å². The summed E-state index contributed by atoms with van der Waals surface area (Å²) >= 11 is 0. The number of urea groups is 1. The summed E-state index contributed by atoms with van der Waals surface area (Å²) in [6, 6.07) is 10.7. The van der Waals surface area contributed by atoms with Gasteiger partial charge in [-0.25, -0.2) is 4.79 Å². The molecule has 1 aromatic carbocycles. The molecule has 110 valence electrons. The maximum absolute atomic E-state index is 11.8. The molecule has 0 saturated carbocycles. The van der Waals surface area contributed by atoms with Crippen molar-refractivity contribution in [2.45, 2.75) is 31.7 Å². The van der Waals surface area contributed by atoms with Crippen LogP contribution in [-0.4, -0.2) is 43.7 Å². The van der Waals surface area contributed by atoms with Crippen LogP contribution >= 0.6 is 0 Å². The highest BCUT2D eigenvalue weighted by Gasteiger charge is 2.17. The Kier molecular flexibility index (Phi) is 5.87. The number of hydrogen-bond acceptors (Lipinski definition) is 2. The van der Waals surface area contributed by atoms with E-state index in [1.165, 1.54) is 5.56 Å². The smallest absolute Gasteiger partial charge is 0.315 e. The molecular weight excluding hydrogens is 250 g/mol. The highest BCUT2D eigenvalue weighted by Crippen LogP contribution is 2.07. The summed E-state index contributed by atoms with van der Waals surface area (Å²) in [4.78, 5) is 14.1. The average molecular weight is 275 g/mol. The Labute approximate surface area is 121 Å². The Morgan fingerprint density at radius 2 is 1.95 bits per heavy atom. The molecule has 0 unspecified atom stereocenters. The van der Waals surface area contributed by atoms with Crippen LogP contribution in [0.25, 0.3) is 0 Å². The van der Waals surface area contributed by atoms with Crippen molar-refractivity contribution >= 4 is 6.03 Å². The lowest BCUT2D eigenvalue weighted by atomic mass is 10.1. The predicted octanol–water partition coefficient (Wildman–Crippen LogP) is 2.01. The molecule has 2 rings (SSSR count). The molecule has 0 aliphatic carbocycles. The zero-order chi connectivity index (χ0) is 14.2. The first kappa shape index (κ1) is 14.9. The molecule has 1 aromatic rings. The van der Waals surface area contributed by atoms with Crippen LogP contribution in [0.5, 0.6) is 0 Å². The molecule has 1 aliphatic heterocycles. The van der Waals surface area contributed by atoms with Gasteiger partial charge >= 0.3 is 6.03 Å². The van der Waals surface area contributed by atoms with E-state index in [4.69, 9.17) is 0 Å². The molecule has 0 atom stereocenters. The first-order chi connectivity index (χ1) is 9.74. The number of nitrogens with zero attached hydrogens (tertiary/aromatic N) is 1. The summed E-state index contributed by atoms with van der Waals surface area (Å²) in [6.07, 6.45) is 4.09. The van der Waals surface area contributed by atoms with E-state index in [1.807, 2.05) is 6.07 Å². The minimum atomic E-state index is -0.0207. The van der Waals surface area contributed by atoms with Crippen LogP contribution in [0, 0.1) is 0 Å². The van der Waals surface area contributed by atoms with Gasteiger partial charge < -0.3 is 15.5 Å². The van der Waals surface area contributed by atoms with E-state index in [1.54, 1.807) is 0 Å². The fourth-order valence-electron chi connectivity index (χ4n) is 2.53. The minimum absolute atomic E-state index is 0.0207. The van der Waals surface area contributed by atoms with Crippen molar-refractivity contribution in [1.29, 1.82) is 0 Å². The second kappa shape index (κ2) is 7.90. The SMILES string of the molecule is CN1CCC(NC(=O)NCCCc2ccccc2)CC1. The lowest BCUT2D eigenvalue weighted by Gasteiger charge is -2.29. The number of piperidine rings is 1. The van der Waals surface area contributed by atoms with Crippen LogP contribution < -0.4 is 10.6 Å². The Morgan fingerprint density at radius 3 is 2.65 bits per heavy atom. The van der Waals surface area contributed by atoms with Crippen molar-refractivity contribution in [3.63, 3.8) is 0 Å². The van der Waals surface area contributed by atoms with Gasteiger partial charge in [-0.2, -0.15) is 0 Å². The van der Waals surface area contributed by atoms with Gasteiger partial charge in [0, 0.05) is 12.6 Å². The summed E-state index contributed by atoms with van der Waals surface area (Å²) in [5.74, 6) is 0. The van der Waals surface area contributed by atoms with E-state index >= 15 is 0 Å². The largest absolute Gasteiger partial charge is 0.338 e. The van der Waals surface area contributed by atoms with Gasteiger partial charge in [0.2, 0.25) is 0 Å². The Morgan fingerprint density at radius 1 is 1.25 bits per heavy atom. The molecule has 2 amide bonds.